The summed E-state index contributed by atoms with van der Waals surface area (Å²) in [6.45, 7) is 3.79. The SMILES string of the molecule is Cc1cc(C)c(C(=O)O)c(CBr)c1. The highest BCUT2D eigenvalue weighted by Crippen LogP contribution is 2.19. The minimum atomic E-state index is -0.855. The molecular weight excluding hydrogens is 232 g/mol. The van der Waals surface area contributed by atoms with Gasteiger partial charge in [-0.05, 0) is 25.0 Å². The van der Waals surface area contributed by atoms with E-state index in [2.05, 4.69) is 15.9 Å². The Morgan fingerprint density at radius 1 is 1.46 bits per heavy atom. The molecule has 0 spiro atoms. The largest absolute Gasteiger partial charge is 0.478 e. The Kier molecular flexibility index (Phi) is 3.09. The molecule has 13 heavy (non-hydrogen) atoms. The summed E-state index contributed by atoms with van der Waals surface area (Å²) in [7, 11) is 0. The fourth-order valence-corrected chi connectivity index (χ4v) is 1.91. The first-order valence-electron chi connectivity index (χ1n) is 3.95. The van der Waals surface area contributed by atoms with Crippen LogP contribution in [0.1, 0.15) is 27.0 Å². The van der Waals surface area contributed by atoms with Gasteiger partial charge in [-0.1, -0.05) is 33.6 Å². The maximum Gasteiger partial charge on any atom is 0.336 e. The van der Waals surface area contributed by atoms with Crippen molar-refractivity contribution in [2.45, 2.75) is 19.2 Å². The Morgan fingerprint density at radius 2 is 2.08 bits per heavy atom. The topological polar surface area (TPSA) is 37.3 Å². The molecule has 0 saturated heterocycles. The van der Waals surface area contributed by atoms with Crippen LogP contribution in [0.3, 0.4) is 0 Å². The van der Waals surface area contributed by atoms with Crippen molar-refractivity contribution in [3.63, 3.8) is 0 Å². The molecule has 0 aliphatic rings. The molecule has 1 aromatic carbocycles. The predicted octanol–water partition coefficient (Wildman–Crippen LogP) is 2.90. The molecule has 0 aromatic heterocycles. The zero-order valence-corrected chi connectivity index (χ0v) is 9.18. The summed E-state index contributed by atoms with van der Waals surface area (Å²) < 4.78 is 0. The minimum absolute atomic E-state index is 0.419. The molecule has 0 unspecified atom stereocenters. The van der Waals surface area contributed by atoms with Gasteiger partial charge in [-0.2, -0.15) is 0 Å². The number of halogens is 1. The van der Waals surface area contributed by atoms with Gasteiger partial charge in [0.2, 0.25) is 0 Å². The average Bonchev–Trinajstić information content (AvgIpc) is 2.01. The van der Waals surface area contributed by atoms with Gasteiger partial charge in [0, 0.05) is 5.33 Å². The van der Waals surface area contributed by atoms with E-state index < -0.39 is 5.97 Å². The molecule has 0 aliphatic heterocycles. The highest BCUT2D eigenvalue weighted by atomic mass is 79.9. The second-order valence-electron chi connectivity index (χ2n) is 3.05. The molecule has 0 amide bonds. The van der Waals surface area contributed by atoms with Crippen LogP contribution in [-0.2, 0) is 5.33 Å². The molecule has 0 fully saturated rings. The quantitative estimate of drug-likeness (QED) is 0.811. The molecule has 2 nitrogen and oxygen atoms in total. The number of aryl methyl sites for hydroxylation is 2. The van der Waals surface area contributed by atoms with Gasteiger partial charge in [0.15, 0.2) is 0 Å². The lowest BCUT2D eigenvalue weighted by Gasteiger charge is -2.07. The zero-order chi connectivity index (χ0) is 10.0. The standard InChI is InChI=1S/C10H11BrO2/c1-6-3-7(2)9(10(12)13)8(4-6)5-11/h3-4H,5H2,1-2H3,(H,12,13). The Morgan fingerprint density at radius 3 is 2.54 bits per heavy atom. The number of rotatable bonds is 2. The van der Waals surface area contributed by atoms with Crippen LogP contribution in [0.5, 0.6) is 0 Å². The number of hydrogen-bond donors (Lipinski definition) is 1. The van der Waals surface area contributed by atoms with Crippen LogP contribution in [0.25, 0.3) is 0 Å². The van der Waals surface area contributed by atoms with Crippen molar-refractivity contribution in [2.24, 2.45) is 0 Å². The Hall–Kier alpha value is -0.830. The normalized spacial score (nSPS) is 10.1. The summed E-state index contributed by atoms with van der Waals surface area (Å²) in [4.78, 5) is 10.9. The Bertz CT molecular complexity index is 345. The lowest BCUT2D eigenvalue weighted by Crippen LogP contribution is -2.04. The third kappa shape index (κ3) is 2.10. The first-order valence-corrected chi connectivity index (χ1v) is 5.07. The molecule has 1 N–H and O–H groups in total. The fraction of sp³-hybridized carbons (Fsp3) is 0.300. The molecule has 0 aliphatic carbocycles. The van der Waals surface area contributed by atoms with Crippen molar-refractivity contribution in [3.8, 4) is 0 Å². The number of carboxylic acids is 1. The van der Waals surface area contributed by atoms with Crippen LogP contribution in [-0.4, -0.2) is 11.1 Å². The Labute approximate surface area is 85.7 Å². The molecule has 1 rings (SSSR count). The van der Waals surface area contributed by atoms with Crippen LogP contribution in [0.2, 0.25) is 0 Å². The van der Waals surface area contributed by atoms with Crippen molar-refractivity contribution in [3.05, 3.63) is 34.4 Å². The van der Waals surface area contributed by atoms with E-state index in [0.717, 1.165) is 16.7 Å². The third-order valence-electron chi connectivity index (χ3n) is 1.92. The first kappa shape index (κ1) is 10.3. The number of benzene rings is 1. The van der Waals surface area contributed by atoms with Crippen molar-refractivity contribution in [1.29, 1.82) is 0 Å². The first-order chi connectivity index (χ1) is 6.06. The number of alkyl halides is 1. The van der Waals surface area contributed by atoms with Gasteiger partial charge in [-0.15, -0.1) is 0 Å². The van der Waals surface area contributed by atoms with E-state index in [-0.39, 0.29) is 0 Å². The van der Waals surface area contributed by atoms with Crippen LogP contribution < -0.4 is 0 Å². The van der Waals surface area contributed by atoms with E-state index in [9.17, 15) is 4.79 Å². The van der Waals surface area contributed by atoms with E-state index in [1.165, 1.54) is 0 Å². The molecule has 0 atom stereocenters. The summed E-state index contributed by atoms with van der Waals surface area (Å²) in [5.74, 6) is -0.855. The summed E-state index contributed by atoms with van der Waals surface area (Å²) in [5, 5.41) is 9.53. The summed E-state index contributed by atoms with van der Waals surface area (Å²) in [6.07, 6.45) is 0. The molecule has 0 heterocycles. The smallest absolute Gasteiger partial charge is 0.336 e. The lowest BCUT2D eigenvalue weighted by atomic mass is 10.0. The molecule has 0 radical (unpaired) electrons. The number of carboxylic acid groups (broad SMARTS) is 1. The molecule has 0 saturated carbocycles. The fourth-order valence-electron chi connectivity index (χ4n) is 1.47. The molecule has 0 bridgehead atoms. The van der Waals surface area contributed by atoms with E-state index in [0.29, 0.717) is 10.9 Å². The van der Waals surface area contributed by atoms with Gasteiger partial charge in [0.1, 0.15) is 0 Å². The van der Waals surface area contributed by atoms with Crippen LogP contribution >= 0.6 is 15.9 Å². The monoisotopic (exact) mass is 242 g/mol. The van der Waals surface area contributed by atoms with Gasteiger partial charge in [-0.3, -0.25) is 0 Å². The van der Waals surface area contributed by atoms with Gasteiger partial charge >= 0.3 is 5.97 Å². The number of hydrogen-bond acceptors (Lipinski definition) is 1. The Balaban J connectivity index is 3.38. The van der Waals surface area contributed by atoms with Crippen molar-refractivity contribution in [1.82, 2.24) is 0 Å². The van der Waals surface area contributed by atoms with Crippen molar-refractivity contribution >= 4 is 21.9 Å². The van der Waals surface area contributed by atoms with Crippen LogP contribution in [0.4, 0.5) is 0 Å². The average molecular weight is 243 g/mol. The van der Waals surface area contributed by atoms with E-state index in [4.69, 9.17) is 5.11 Å². The predicted molar refractivity (Wildman–Crippen MR) is 55.5 cm³/mol. The second kappa shape index (κ2) is 3.92. The number of aromatic carboxylic acids is 1. The van der Waals surface area contributed by atoms with E-state index in [1.54, 1.807) is 0 Å². The van der Waals surface area contributed by atoms with Gasteiger partial charge < -0.3 is 5.11 Å². The zero-order valence-electron chi connectivity index (χ0n) is 7.60. The third-order valence-corrected chi connectivity index (χ3v) is 2.52. The molecule has 70 valence electrons. The summed E-state index contributed by atoms with van der Waals surface area (Å²) in [6, 6.07) is 3.78. The van der Waals surface area contributed by atoms with Gasteiger partial charge in [0.05, 0.1) is 5.56 Å². The molecular formula is C10H11BrO2. The van der Waals surface area contributed by atoms with Crippen molar-refractivity contribution in [2.75, 3.05) is 0 Å². The molecule has 3 heteroatoms. The summed E-state index contributed by atoms with van der Waals surface area (Å²) in [5.41, 5.74) is 3.17. The summed E-state index contributed by atoms with van der Waals surface area (Å²) >= 11 is 3.28. The van der Waals surface area contributed by atoms with E-state index >= 15 is 0 Å². The highest BCUT2D eigenvalue weighted by molar-refractivity contribution is 9.08. The molecule has 1 aromatic rings. The maximum atomic E-state index is 10.9. The van der Waals surface area contributed by atoms with Crippen LogP contribution in [0, 0.1) is 13.8 Å². The van der Waals surface area contributed by atoms with Crippen molar-refractivity contribution < 1.29 is 9.90 Å². The lowest BCUT2D eigenvalue weighted by molar-refractivity contribution is 0.0695. The number of carbonyl (C=O) groups is 1. The van der Waals surface area contributed by atoms with E-state index in [1.807, 2.05) is 26.0 Å². The van der Waals surface area contributed by atoms with Gasteiger partial charge in [0.25, 0.3) is 0 Å². The van der Waals surface area contributed by atoms with Gasteiger partial charge in [-0.25, -0.2) is 4.79 Å². The maximum absolute atomic E-state index is 10.9. The van der Waals surface area contributed by atoms with Crippen LogP contribution in [0.15, 0.2) is 12.1 Å². The second-order valence-corrected chi connectivity index (χ2v) is 3.62. The minimum Gasteiger partial charge on any atom is -0.478 e. The highest BCUT2D eigenvalue weighted by Gasteiger charge is 2.12.